The van der Waals surface area contributed by atoms with E-state index in [0.717, 1.165) is 12.1 Å². The van der Waals surface area contributed by atoms with Crippen molar-refractivity contribution < 1.29 is 13.2 Å². The van der Waals surface area contributed by atoms with Crippen LogP contribution in [0.4, 0.5) is 13.2 Å². The fourth-order valence-corrected chi connectivity index (χ4v) is 1.74. The Hall–Kier alpha value is -3.08. The van der Waals surface area contributed by atoms with Gasteiger partial charge in [0, 0.05) is 17.5 Å². The van der Waals surface area contributed by atoms with Crippen molar-refractivity contribution in [3.05, 3.63) is 53.5 Å². The van der Waals surface area contributed by atoms with Gasteiger partial charge < -0.3 is 5.73 Å². The molecule has 0 aliphatic carbocycles. The van der Waals surface area contributed by atoms with E-state index in [0.29, 0.717) is 11.3 Å². The van der Waals surface area contributed by atoms with Crippen LogP contribution in [0, 0.1) is 11.3 Å². The summed E-state index contributed by atoms with van der Waals surface area (Å²) < 4.78 is 39.9. The zero-order valence-corrected chi connectivity index (χ0v) is 12.1. The Labute approximate surface area is 130 Å². The molecule has 0 amide bonds. The number of allylic oxidation sites excluding steroid dienone is 1. The number of benzene rings is 1. The van der Waals surface area contributed by atoms with Crippen molar-refractivity contribution in [3.63, 3.8) is 0 Å². The van der Waals surface area contributed by atoms with Gasteiger partial charge >= 0.3 is 6.18 Å². The quantitative estimate of drug-likeness (QED) is 0.881. The molecular weight excluding hydrogens is 307 g/mol. The summed E-state index contributed by atoms with van der Waals surface area (Å²) in [5.74, 6) is 0.0688. The van der Waals surface area contributed by atoms with Crippen LogP contribution in [0.1, 0.15) is 18.1 Å². The van der Waals surface area contributed by atoms with Crippen molar-refractivity contribution in [1.82, 2.24) is 14.8 Å². The van der Waals surface area contributed by atoms with Gasteiger partial charge in [0.1, 0.15) is 6.33 Å². The molecule has 1 heterocycles. The number of alkyl halides is 3. The number of nitriles is 1. The third kappa shape index (κ3) is 3.77. The lowest BCUT2D eigenvalue weighted by atomic mass is 10.1. The number of aromatic nitrogens is 3. The van der Waals surface area contributed by atoms with Crippen molar-refractivity contribution in [2.45, 2.75) is 13.1 Å². The lowest BCUT2D eigenvalue weighted by Gasteiger charge is -2.08. The second-order valence-electron chi connectivity index (χ2n) is 4.79. The van der Waals surface area contributed by atoms with Crippen molar-refractivity contribution in [1.29, 1.82) is 5.26 Å². The van der Waals surface area contributed by atoms with Crippen LogP contribution in [0.2, 0.25) is 0 Å². The molecule has 118 valence electrons. The summed E-state index contributed by atoms with van der Waals surface area (Å²) >= 11 is 0. The van der Waals surface area contributed by atoms with E-state index in [1.165, 1.54) is 23.3 Å². The maximum atomic E-state index is 12.9. The lowest BCUT2D eigenvalue weighted by molar-refractivity contribution is -0.137. The minimum atomic E-state index is -4.56. The SMILES string of the molecule is C=C(N)/C(C)=C\n1cnc(-c2cc(C#N)cc(C(F)(F)F)c2)n1. The summed E-state index contributed by atoms with van der Waals surface area (Å²) in [7, 11) is 0. The second-order valence-corrected chi connectivity index (χ2v) is 4.79. The fraction of sp³-hybridized carbons (Fsp3) is 0.133. The third-order valence-corrected chi connectivity index (χ3v) is 2.99. The predicted octanol–water partition coefficient (Wildman–Crippen LogP) is 3.17. The summed E-state index contributed by atoms with van der Waals surface area (Å²) in [4.78, 5) is 3.96. The van der Waals surface area contributed by atoms with Crippen LogP contribution >= 0.6 is 0 Å². The zero-order valence-electron chi connectivity index (χ0n) is 12.1. The van der Waals surface area contributed by atoms with Crippen LogP contribution in [0.5, 0.6) is 0 Å². The first-order chi connectivity index (χ1) is 10.7. The van der Waals surface area contributed by atoms with Crippen molar-refractivity contribution in [3.8, 4) is 17.5 Å². The molecule has 0 saturated heterocycles. The van der Waals surface area contributed by atoms with Gasteiger partial charge in [-0.2, -0.15) is 18.4 Å². The minimum Gasteiger partial charge on any atom is -0.399 e. The molecule has 0 spiro atoms. The highest BCUT2D eigenvalue weighted by atomic mass is 19.4. The Morgan fingerprint density at radius 2 is 2.09 bits per heavy atom. The van der Waals surface area contributed by atoms with Crippen LogP contribution in [0.3, 0.4) is 0 Å². The highest BCUT2D eigenvalue weighted by Gasteiger charge is 2.31. The third-order valence-electron chi connectivity index (χ3n) is 2.99. The van der Waals surface area contributed by atoms with Crippen molar-refractivity contribution in [2.24, 2.45) is 5.73 Å². The summed E-state index contributed by atoms with van der Waals surface area (Å²) in [5, 5.41) is 12.9. The molecule has 0 fully saturated rings. The van der Waals surface area contributed by atoms with E-state index in [4.69, 9.17) is 11.0 Å². The standard InChI is InChI=1S/C15H12F3N5/c1-9(10(2)20)7-23-8-21-14(22-23)12-3-11(6-19)4-13(5-12)15(16,17)18/h3-5,7-8H,2,20H2,1H3/b9-7-. The van der Waals surface area contributed by atoms with Gasteiger partial charge in [-0.15, -0.1) is 5.10 Å². The maximum absolute atomic E-state index is 12.9. The summed E-state index contributed by atoms with van der Waals surface area (Å²) in [6.07, 6.45) is -1.69. The first kappa shape index (κ1) is 16.3. The molecular formula is C15H12F3N5. The molecule has 0 radical (unpaired) electrons. The summed E-state index contributed by atoms with van der Waals surface area (Å²) in [6.45, 7) is 5.27. The molecule has 1 aromatic heterocycles. The van der Waals surface area contributed by atoms with Crippen molar-refractivity contribution in [2.75, 3.05) is 0 Å². The topological polar surface area (TPSA) is 80.5 Å². The first-order valence-electron chi connectivity index (χ1n) is 6.38. The molecule has 0 saturated carbocycles. The average Bonchev–Trinajstić information content (AvgIpc) is 2.94. The Morgan fingerprint density at radius 3 is 2.65 bits per heavy atom. The number of halogens is 3. The van der Waals surface area contributed by atoms with Gasteiger partial charge in [0.25, 0.3) is 0 Å². The number of rotatable bonds is 3. The van der Waals surface area contributed by atoms with Gasteiger partial charge in [-0.1, -0.05) is 6.58 Å². The van der Waals surface area contributed by atoms with Crippen LogP contribution in [-0.2, 0) is 6.18 Å². The molecule has 2 rings (SSSR count). The number of hydrogen-bond acceptors (Lipinski definition) is 4. The molecule has 8 heteroatoms. The monoisotopic (exact) mass is 319 g/mol. The maximum Gasteiger partial charge on any atom is 0.416 e. The van der Waals surface area contributed by atoms with E-state index >= 15 is 0 Å². The van der Waals surface area contributed by atoms with Gasteiger partial charge in [0.15, 0.2) is 5.82 Å². The van der Waals surface area contributed by atoms with Gasteiger partial charge in [-0.05, 0) is 30.7 Å². The molecule has 0 aliphatic heterocycles. The smallest absolute Gasteiger partial charge is 0.399 e. The normalized spacial score (nSPS) is 12.0. The van der Waals surface area contributed by atoms with E-state index in [2.05, 4.69) is 16.7 Å². The van der Waals surface area contributed by atoms with Crippen LogP contribution < -0.4 is 5.73 Å². The number of nitrogens with two attached hydrogens (primary N) is 1. The molecule has 5 nitrogen and oxygen atoms in total. The molecule has 0 aliphatic rings. The van der Waals surface area contributed by atoms with Crippen LogP contribution in [0.15, 0.2) is 42.4 Å². The predicted molar refractivity (Wildman–Crippen MR) is 78.4 cm³/mol. The largest absolute Gasteiger partial charge is 0.416 e. The van der Waals surface area contributed by atoms with Gasteiger partial charge in [0.2, 0.25) is 0 Å². The van der Waals surface area contributed by atoms with Gasteiger partial charge in [-0.3, -0.25) is 0 Å². The molecule has 2 aromatic rings. The molecule has 0 bridgehead atoms. The molecule has 23 heavy (non-hydrogen) atoms. The Balaban J connectivity index is 2.47. The molecule has 1 aromatic carbocycles. The molecule has 0 atom stereocenters. The zero-order chi connectivity index (χ0) is 17.2. The van der Waals surface area contributed by atoms with E-state index in [9.17, 15) is 13.2 Å². The van der Waals surface area contributed by atoms with E-state index in [1.54, 1.807) is 13.0 Å². The van der Waals surface area contributed by atoms with Gasteiger partial charge in [-0.25, -0.2) is 9.67 Å². The van der Waals surface area contributed by atoms with Crippen LogP contribution in [0.25, 0.3) is 17.6 Å². The van der Waals surface area contributed by atoms with Crippen molar-refractivity contribution >= 4 is 6.20 Å². The number of hydrogen-bond donors (Lipinski definition) is 1. The average molecular weight is 319 g/mol. The molecule has 0 unspecified atom stereocenters. The molecule has 2 N–H and O–H groups in total. The Morgan fingerprint density at radius 1 is 1.39 bits per heavy atom. The lowest BCUT2D eigenvalue weighted by Crippen LogP contribution is -2.05. The van der Waals surface area contributed by atoms with E-state index in [-0.39, 0.29) is 17.0 Å². The fourth-order valence-electron chi connectivity index (χ4n) is 1.74. The highest BCUT2D eigenvalue weighted by Crippen LogP contribution is 2.32. The first-order valence-corrected chi connectivity index (χ1v) is 6.38. The Kier molecular flexibility index (Phi) is 4.22. The van der Waals surface area contributed by atoms with Crippen LogP contribution in [-0.4, -0.2) is 14.8 Å². The summed E-state index contributed by atoms with van der Waals surface area (Å²) in [5.41, 5.74) is 5.57. The van der Waals surface area contributed by atoms with Gasteiger partial charge in [0.05, 0.1) is 17.2 Å². The van der Waals surface area contributed by atoms with E-state index in [1.807, 2.05) is 0 Å². The highest BCUT2D eigenvalue weighted by molar-refractivity contribution is 5.60. The second kappa shape index (κ2) is 5.96. The Bertz CT molecular complexity index is 824. The number of nitrogens with zero attached hydrogens (tertiary/aromatic N) is 4. The van der Waals surface area contributed by atoms with E-state index < -0.39 is 11.7 Å². The summed E-state index contributed by atoms with van der Waals surface area (Å²) in [6, 6.07) is 4.68. The minimum absolute atomic E-state index is 0.0688.